The second-order valence-corrected chi connectivity index (χ2v) is 4.70. The summed E-state index contributed by atoms with van der Waals surface area (Å²) in [6.07, 6.45) is 1.17. The Kier molecular flexibility index (Phi) is 3.31. The van der Waals surface area contributed by atoms with Crippen molar-refractivity contribution in [3.8, 4) is 0 Å². The Hall–Kier alpha value is -0.840. The number of hydrogen-bond acceptors (Lipinski definition) is 2. The Labute approximate surface area is 87.8 Å². The van der Waals surface area contributed by atoms with Crippen LogP contribution in [-0.4, -0.2) is 13.0 Å². The van der Waals surface area contributed by atoms with Crippen molar-refractivity contribution in [2.24, 2.45) is 0 Å². The van der Waals surface area contributed by atoms with E-state index in [1.807, 2.05) is 0 Å². The van der Waals surface area contributed by atoms with Crippen LogP contribution in [-0.2, 0) is 10.1 Å². The van der Waals surface area contributed by atoms with Crippen molar-refractivity contribution in [1.82, 2.24) is 0 Å². The molecule has 0 saturated heterocycles. The maximum atomic E-state index is 10.9. The van der Waals surface area contributed by atoms with Gasteiger partial charge in [-0.2, -0.15) is 8.42 Å². The largest absolute Gasteiger partial charge is 0.285 e. The molecular weight excluding hydrogens is 224 g/mol. The first kappa shape index (κ1) is 11.2. The van der Waals surface area contributed by atoms with Gasteiger partial charge in [0.25, 0.3) is 10.1 Å². The van der Waals surface area contributed by atoms with Gasteiger partial charge in [0.1, 0.15) is 5.25 Å². The average molecular weight is 233 g/mol. The molecule has 5 heteroatoms. The zero-order valence-corrected chi connectivity index (χ0v) is 8.79. The summed E-state index contributed by atoms with van der Waals surface area (Å²) < 4.78 is 30.7. The zero-order chi connectivity index (χ0) is 10.8. The molecule has 0 radical (unpaired) electrons. The summed E-state index contributed by atoms with van der Waals surface area (Å²) >= 11 is 5.64. The lowest BCUT2D eigenvalue weighted by Gasteiger charge is -2.08. The van der Waals surface area contributed by atoms with Gasteiger partial charge in [0.2, 0.25) is 0 Å². The SMILES string of the molecule is C=CC(c1ccc(Cl)cc1)S(=O)(=O)O. The van der Waals surface area contributed by atoms with E-state index in [0.29, 0.717) is 10.6 Å². The minimum Gasteiger partial charge on any atom is -0.285 e. The predicted molar refractivity (Wildman–Crippen MR) is 55.9 cm³/mol. The summed E-state index contributed by atoms with van der Waals surface area (Å²) in [6.45, 7) is 3.35. The molecule has 0 spiro atoms. The summed E-state index contributed by atoms with van der Waals surface area (Å²) in [6, 6.07) is 6.17. The molecule has 14 heavy (non-hydrogen) atoms. The molecule has 0 aliphatic rings. The Morgan fingerprint density at radius 3 is 2.21 bits per heavy atom. The molecule has 0 heterocycles. The Morgan fingerprint density at radius 2 is 1.86 bits per heavy atom. The van der Waals surface area contributed by atoms with Crippen molar-refractivity contribution < 1.29 is 13.0 Å². The van der Waals surface area contributed by atoms with Crippen molar-refractivity contribution in [3.63, 3.8) is 0 Å². The molecule has 0 bridgehead atoms. The van der Waals surface area contributed by atoms with Gasteiger partial charge in [-0.25, -0.2) is 0 Å². The fourth-order valence-electron chi connectivity index (χ4n) is 1.08. The van der Waals surface area contributed by atoms with Crippen molar-refractivity contribution in [2.75, 3.05) is 0 Å². The molecule has 76 valence electrons. The first-order valence-corrected chi connectivity index (χ1v) is 5.67. The molecule has 0 saturated carbocycles. The number of benzene rings is 1. The number of halogens is 1. The van der Waals surface area contributed by atoms with Crippen LogP contribution in [0.1, 0.15) is 10.8 Å². The maximum Gasteiger partial charge on any atom is 0.275 e. The van der Waals surface area contributed by atoms with Crippen LogP contribution in [0.2, 0.25) is 5.02 Å². The molecule has 0 amide bonds. The molecule has 3 nitrogen and oxygen atoms in total. The predicted octanol–water partition coefficient (Wildman–Crippen LogP) is 2.45. The molecule has 1 rings (SSSR count). The van der Waals surface area contributed by atoms with Gasteiger partial charge in [-0.3, -0.25) is 4.55 Å². The van der Waals surface area contributed by atoms with Crippen LogP contribution in [0.4, 0.5) is 0 Å². The van der Waals surface area contributed by atoms with Crippen molar-refractivity contribution >= 4 is 21.7 Å². The highest BCUT2D eigenvalue weighted by atomic mass is 35.5. The van der Waals surface area contributed by atoms with Gasteiger partial charge in [-0.1, -0.05) is 29.8 Å². The third-order valence-electron chi connectivity index (χ3n) is 1.73. The third-order valence-corrected chi connectivity index (χ3v) is 3.09. The van der Waals surface area contributed by atoms with E-state index in [4.69, 9.17) is 16.2 Å². The van der Waals surface area contributed by atoms with E-state index < -0.39 is 15.4 Å². The van der Waals surface area contributed by atoms with Gasteiger partial charge < -0.3 is 0 Å². The number of hydrogen-bond donors (Lipinski definition) is 1. The lowest BCUT2D eigenvalue weighted by Crippen LogP contribution is -2.09. The lowest BCUT2D eigenvalue weighted by atomic mass is 10.1. The fraction of sp³-hybridized carbons (Fsp3) is 0.111. The molecule has 0 aliphatic carbocycles. The zero-order valence-electron chi connectivity index (χ0n) is 7.22. The molecule has 1 aromatic rings. The molecule has 1 unspecified atom stereocenters. The van der Waals surface area contributed by atoms with Crippen LogP contribution in [0.5, 0.6) is 0 Å². The van der Waals surface area contributed by atoms with E-state index in [1.165, 1.54) is 18.2 Å². The third kappa shape index (κ3) is 2.57. The maximum absolute atomic E-state index is 10.9. The lowest BCUT2D eigenvalue weighted by molar-refractivity contribution is 0.476. The quantitative estimate of drug-likeness (QED) is 0.643. The van der Waals surface area contributed by atoms with Crippen LogP contribution in [0, 0.1) is 0 Å². The average Bonchev–Trinajstić information content (AvgIpc) is 2.07. The normalized spacial score (nSPS) is 13.6. The van der Waals surface area contributed by atoms with Gasteiger partial charge in [0.05, 0.1) is 0 Å². The summed E-state index contributed by atoms with van der Waals surface area (Å²) in [5.74, 6) is 0. The highest BCUT2D eigenvalue weighted by Crippen LogP contribution is 2.23. The summed E-state index contributed by atoms with van der Waals surface area (Å²) in [5, 5.41) is -0.591. The van der Waals surface area contributed by atoms with E-state index >= 15 is 0 Å². The minimum absolute atomic E-state index is 0.437. The van der Waals surface area contributed by atoms with E-state index in [0.717, 1.165) is 0 Å². The van der Waals surface area contributed by atoms with Gasteiger partial charge >= 0.3 is 0 Å². The van der Waals surface area contributed by atoms with E-state index in [-0.39, 0.29) is 0 Å². The van der Waals surface area contributed by atoms with Crippen LogP contribution in [0.3, 0.4) is 0 Å². The Morgan fingerprint density at radius 1 is 1.36 bits per heavy atom. The van der Waals surface area contributed by atoms with Crippen LogP contribution in [0.25, 0.3) is 0 Å². The molecule has 0 aliphatic heterocycles. The molecule has 1 N–H and O–H groups in total. The standard InChI is InChI=1S/C9H9ClO3S/c1-2-9(14(11,12)13)7-3-5-8(10)6-4-7/h2-6,9H,1H2,(H,11,12,13). The first-order valence-electron chi connectivity index (χ1n) is 3.79. The van der Waals surface area contributed by atoms with E-state index in [2.05, 4.69) is 6.58 Å². The first-order chi connectivity index (χ1) is 6.45. The van der Waals surface area contributed by atoms with Crippen LogP contribution in [0.15, 0.2) is 36.9 Å². The van der Waals surface area contributed by atoms with Crippen molar-refractivity contribution in [2.45, 2.75) is 5.25 Å². The highest BCUT2D eigenvalue weighted by Gasteiger charge is 2.20. The molecule has 0 fully saturated rings. The van der Waals surface area contributed by atoms with Crippen LogP contribution >= 0.6 is 11.6 Å². The Balaban J connectivity index is 3.15. The summed E-state index contributed by atoms with van der Waals surface area (Å²) in [7, 11) is -4.14. The molecule has 1 atom stereocenters. The molecule has 0 aromatic heterocycles. The van der Waals surface area contributed by atoms with Gasteiger partial charge in [0, 0.05) is 5.02 Å². The van der Waals surface area contributed by atoms with Gasteiger partial charge in [-0.05, 0) is 17.7 Å². The van der Waals surface area contributed by atoms with Crippen molar-refractivity contribution in [1.29, 1.82) is 0 Å². The van der Waals surface area contributed by atoms with Gasteiger partial charge in [0.15, 0.2) is 0 Å². The minimum atomic E-state index is -4.14. The molecule has 1 aromatic carbocycles. The summed E-state index contributed by atoms with van der Waals surface area (Å²) in [4.78, 5) is 0. The topological polar surface area (TPSA) is 54.4 Å². The summed E-state index contributed by atoms with van der Waals surface area (Å²) in [5.41, 5.74) is 0.437. The Bertz CT molecular complexity index is 422. The van der Waals surface area contributed by atoms with Crippen molar-refractivity contribution in [3.05, 3.63) is 47.5 Å². The number of rotatable bonds is 3. The second-order valence-electron chi connectivity index (χ2n) is 2.72. The smallest absolute Gasteiger partial charge is 0.275 e. The fourth-order valence-corrected chi connectivity index (χ4v) is 1.95. The van der Waals surface area contributed by atoms with Gasteiger partial charge in [-0.15, -0.1) is 6.58 Å². The molecular formula is C9H9ClO3S. The monoisotopic (exact) mass is 232 g/mol. The van der Waals surface area contributed by atoms with E-state index in [1.54, 1.807) is 12.1 Å². The second kappa shape index (κ2) is 4.13. The van der Waals surface area contributed by atoms with E-state index in [9.17, 15) is 8.42 Å². The highest BCUT2D eigenvalue weighted by molar-refractivity contribution is 7.86. The van der Waals surface area contributed by atoms with Crippen LogP contribution < -0.4 is 0 Å².